The number of nitrogens with one attached hydrogen (secondary N) is 1. The second kappa shape index (κ2) is 9.15. The van der Waals surface area contributed by atoms with Gasteiger partial charge in [0.2, 0.25) is 0 Å². The van der Waals surface area contributed by atoms with E-state index in [0.29, 0.717) is 0 Å². The van der Waals surface area contributed by atoms with Gasteiger partial charge in [0, 0.05) is 16.8 Å². The van der Waals surface area contributed by atoms with Crippen molar-refractivity contribution in [1.82, 2.24) is 0 Å². The number of anilines is 2. The first-order chi connectivity index (χ1) is 20.0. The Balaban J connectivity index is 1.54. The van der Waals surface area contributed by atoms with Gasteiger partial charge in [-0.1, -0.05) is 115 Å². The molecule has 0 spiro atoms. The summed E-state index contributed by atoms with van der Waals surface area (Å²) in [4.78, 5) is 0. The minimum atomic E-state index is -2.76. The summed E-state index contributed by atoms with van der Waals surface area (Å²) in [6.45, 7) is -0.553. The van der Waals surface area contributed by atoms with E-state index in [1.807, 2.05) is 6.07 Å². The van der Waals surface area contributed by atoms with E-state index in [1.54, 1.807) is 0 Å². The van der Waals surface area contributed by atoms with Gasteiger partial charge in [0.15, 0.2) is 6.49 Å². The molecule has 0 fully saturated rings. The van der Waals surface area contributed by atoms with Gasteiger partial charge in [-0.15, -0.1) is 0 Å². The van der Waals surface area contributed by atoms with Gasteiger partial charge >= 0.3 is 0 Å². The van der Waals surface area contributed by atoms with Gasteiger partial charge in [-0.2, -0.15) is 0 Å². The van der Waals surface area contributed by atoms with Crippen molar-refractivity contribution >= 4 is 72.8 Å². The van der Waals surface area contributed by atoms with E-state index in [2.05, 4.69) is 138 Å². The van der Waals surface area contributed by atoms with Crippen molar-refractivity contribution < 1.29 is 0 Å². The van der Waals surface area contributed by atoms with Crippen molar-refractivity contribution in [1.29, 1.82) is 0 Å². The summed E-state index contributed by atoms with van der Waals surface area (Å²) in [5.41, 5.74) is 12.8. The maximum Gasteiger partial charge on any atom is 0.187 e. The summed E-state index contributed by atoms with van der Waals surface area (Å²) in [5.74, 6) is 0. The summed E-state index contributed by atoms with van der Waals surface area (Å²) in [6.07, 6.45) is 0. The highest BCUT2D eigenvalue weighted by Gasteiger charge is 2.35. The highest BCUT2D eigenvalue weighted by molar-refractivity contribution is 8.14. The van der Waals surface area contributed by atoms with E-state index in [4.69, 9.17) is 17.3 Å². The summed E-state index contributed by atoms with van der Waals surface area (Å²) < 4.78 is 2.29. The van der Waals surface area contributed by atoms with Gasteiger partial charge in [-0.25, -0.2) is 0 Å². The summed E-state index contributed by atoms with van der Waals surface area (Å²) in [6, 6.07) is 45.6. The van der Waals surface area contributed by atoms with Crippen molar-refractivity contribution in [3.8, 4) is 11.1 Å². The molecule has 7 aromatic carbocycles. The van der Waals surface area contributed by atoms with Crippen LogP contribution in [0.4, 0.5) is 11.4 Å². The number of hydrogen-bond donors (Lipinski definition) is 2. The third-order valence-electron chi connectivity index (χ3n) is 8.58. The van der Waals surface area contributed by atoms with Gasteiger partial charge in [0.05, 0.1) is 11.7 Å². The summed E-state index contributed by atoms with van der Waals surface area (Å²) in [7, 11) is 0. The number of rotatable bonds is 2. The van der Waals surface area contributed by atoms with Crippen LogP contribution in [0.5, 0.6) is 0 Å². The maximum atomic E-state index is 7.20. The first kappa shape index (κ1) is 24.6. The molecule has 1 aliphatic heterocycles. The first-order valence-electron chi connectivity index (χ1n) is 13.9. The molecule has 198 valence electrons. The Morgan fingerprint density at radius 3 is 1.78 bits per heavy atom. The molecule has 7 aromatic rings. The largest absolute Gasteiger partial charge is 0.330 e. The van der Waals surface area contributed by atoms with Crippen LogP contribution in [0, 0.1) is 0 Å². The van der Waals surface area contributed by atoms with E-state index >= 15 is 0 Å². The zero-order chi connectivity index (χ0) is 27.7. The van der Waals surface area contributed by atoms with Gasteiger partial charge in [0.1, 0.15) is 0 Å². The summed E-state index contributed by atoms with van der Waals surface area (Å²) >= 11 is 6.33. The van der Waals surface area contributed by atoms with E-state index in [-0.39, 0.29) is 6.04 Å². The Morgan fingerprint density at radius 2 is 1.12 bits per heavy atom. The van der Waals surface area contributed by atoms with Crippen LogP contribution in [0.3, 0.4) is 0 Å². The number of nitrogens with zero attached hydrogens (tertiary/aromatic N) is 1. The number of hydrogen-bond acceptors (Lipinski definition) is 1. The highest BCUT2D eigenvalue weighted by atomic mass is 32.4. The van der Waals surface area contributed by atoms with Crippen molar-refractivity contribution in [2.45, 2.75) is 13.0 Å². The minimum Gasteiger partial charge on any atom is -0.330 e. The van der Waals surface area contributed by atoms with Crippen LogP contribution in [0.15, 0.2) is 127 Å². The lowest BCUT2D eigenvalue weighted by atomic mass is 9.88. The molecule has 0 radical (unpaired) electrons. The predicted octanol–water partition coefficient (Wildman–Crippen LogP) is 10.1. The smallest absolute Gasteiger partial charge is 0.187 e. The SMILES string of the molecule is CC(c1ccccc1)N1c2ccc3c(ccc4ccccc43)c2-c2c(ccc3c2ccc2ccccc23)NP1(N)=S. The Hall–Kier alpha value is -4.21. The molecule has 0 saturated heterocycles. The fourth-order valence-corrected chi connectivity index (χ4v) is 9.46. The molecule has 3 nitrogen and oxygen atoms in total. The van der Waals surface area contributed by atoms with Crippen molar-refractivity contribution in [2.75, 3.05) is 9.76 Å². The maximum absolute atomic E-state index is 7.20. The number of benzene rings is 7. The van der Waals surface area contributed by atoms with Gasteiger partial charge in [0.25, 0.3) is 0 Å². The van der Waals surface area contributed by atoms with Crippen LogP contribution in [0.1, 0.15) is 18.5 Å². The Morgan fingerprint density at radius 1 is 0.585 bits per heavy atom. The van der Waals surface area contributed by atoms with E-state index in [0.717, 1.165) is 16.9 Å². The van der Waals surface area contributed by atoms with Gasteiger partial charge in [-0.05, 0) is 79.5 Å². The molecule has 41 heavy (non-hydrogen) atoms. The van der Waals surface area contributed by atoms with Crippen LogP contribution < -0.4 is 15.3 Å². The van der Waals surface area contributed by atoms with E-state index in [1.165, 1.54) is 54.2 Å². The van der Waals surface area contributed by atoms with Crippen molar-refractivity contribution in [3.05, 3.63) is 133 Å². The molecule has 2 unspecified atom stereocenters. The zero-order valence-corrected chi connectivity index (χ0v) is 24.3. The lowest BCUT2D eigenvalue weighted by molar-refractivity contribution is 0.814. The molecular weight excluding hydrogens is 537 g/mol. The molecule has 0 saturated carbocycles. The molecule has 2 atom stereocenters. The Labute approximate surface area is 244 Å². The van der Waals surface area contributed by atoms with Crippen molar-refractivity contribution in [3.63, 3.8) is 0 Å². The summed E-state index contributed by atoms with van der Waals surface area (Å²) in [5, 5.41) is 13.5. The second-order valence-corrected chi connectivity index (χ2v) is 14.4. The van der Waals surface area contributed by atoms with E-state index < -0.39 is 6.49 Å². The van der Waals surface area contributed by atoms with Crippen LogP contribution in [-0.2, 0) is 11.8 Å². The van der Waals surface area contributed by atoms with Crippen LogP contribution in [0.25, 0.3) is 54.2 Å². The molecule has 0 aliphatic carbocycles. The Kier molecular flexibility index (Phi) is 5.49. The standard InChI is InChI=1S/C36H28N3PS/c1-23(24-9-3-2-4-10-24)39-34-22-20-30-28-14-8-6-12-26(28)16-18-32(30)36(34)35-31-17-15-25-11-5-7-13-27(25)29(31)19-21-33(35)38-40(39,37)41/h2-23H,1H3,(H3,37,38,41). The van der Waals surface area contributed by atoms with Gasteiger partial charge < -0.3 is 9.76 Å². The second-order valence-electron chi connectivity index (χ2n) is 10.9. The third-order valence-corrected chi connectivity index (χ3v) is 11.1. The molecular formula is C36H28N3PS. The monoisotopic (exact) mass is 565 g/mol. The molecule has 5 heteroatoms. The molecule has 0 bridgehead atoms. The Bertz CT molecular complexity index is 2210. The highest BCUT2D eigenvalue weighted by Crippen LogP contribution is 2.59. The minimum absolute atomic E-state index is 0.0300. The van der Waals surface area contributed by atoms with E-state index in [9.17, 15) is 0 Å². The molecule has 1 heterocycles. The number of nitrogens with two attached hydrogens (primary N) is 1. The average Bonchev–Trinajstić information content (AvgIpc) is 3.11. The fraction of sp³-hybridized carbons (Fsp3) is 0.0556. The van der Waals surface area contributed by atoms with Gasteiger partial charge in [-0.3, -0.25) is 5.50 Å². The average molecular weight is 566 g/mol. The van der Waals surface area contributed by atoms with Crippen molar-refractivity contribution in [2.24, 2.45) is 5.50 Å². The molecule has 0 aromatic heterocycles. The zero-order valence-electron chi connectivity index (χ0n) is 22.6. The lowest BCUT2D eigenvalue weighted by Crippen LogP contribution is -2.30. The quantitative estimate of drug-likeness (QED) is 0.162. The predicted molar refractivity (Wildman–Crippen MR) is 181 cm³/mol. The fourth-order valence-electron chi connectivity index (χ4n) is 6.71. The van der Waals surface area contributed by atoms with Crippen LogP contribution in [0.2, 0.25) is 0 Å². The molecule has 8 rings (SSSR count). The topological polar surface area (TPSA) is 41.3 Å². The number of fused-ring (bicyclic) bond motifs is 11. The first-order valence-corrected chi connectivity index (χ1v) is 16.7. The molecule has 0 amide bonds. The molecule has 3 N–H and O–H groups in total. The third kappa shape index (κ3) is 3.72. The van der Waals surface area contributed by atoms with Crippen LogP contribution >= 0.6 is 6.49 Å². The molecule has 1 aliphatic rings. The van der Waals surface area contributed by atoms with Crippen LogP contribution in [-0.4, -0.2) is 0 Å². The normalized spacial score (nSPS) is 17.3. The lowest BCUT2D eigenvalue weighted by Gasteiger charge is -2.38.